The van der Waals surface area contributed by atoms with Crippen molar-refractivity contribution in [1.82, 2.24) is 25.3 Å². The molecule has 1 aliphatic heterocycles. The van der Waals surface area contributed by atoms with Gasteiger partial charge >= 0.3 is 0 Å². The Hall–Kier alpha value is -0.830. The van der Waals surface area contributed by atoms with Crippen LogP contribution in [0, 0.1) is 6.92 Å². The number of rotatable bonds is 6. The van der Waals surface area contributed by atoms with Gasteiger partial charge in [0.1, 0.15) is 0 Å². The summed E-state index contributed by atoms with van der Waals surface area (Å²) in [6.45, 7) is 6.33. The lowest BCUT2D eigenvalue weighted by atomic mass is 10.2. The molecule has 3 rings (SSSR count). The van der Waals surface area contributed by atoms with Crippen LogP contribution < -0.4 is 10.6 Å². The molecule has 0 spiro atoms. The van der Waals surface area contributed by atoms with Gasteiger partial charge in [-0.3, -0.25) is 14.6 Å². The van der Waals surface area contributed by atoms with Crippen molar-refractivity contribution >= 4 is 29.9 Å². The highest BCUT2D eigenvalue weighted by Crippen LogP contribution is 2.26. The van der Waals surface area contributed by atoms with Gasteiger partial charge < -0.3 is 10.6 Å². The number of hydrogen-bond acceptors (Lipinski definition) is 3. The van der Waals surface area contributed by atoms with E-state index in [1.165, 1.54) is 44.2 Å². The number of nitrogens with zero attached hydrogens (tertiary/aromatic N) is 4. The zero-order valence-electron chi connectivity index (χ0n) is 15.6. The maximum atomic E-state index is 4.38. The van der Waals surface area contributed by atoms with E-state index in [-0.39, 0.29) is 24.0 Å². The van der Waals surface area contributed by atoms with E-state index in [2.05, 4.69) is 38.7 Å². The molecular weight excluding hydrogens is 427 g/mol. The fourth-order valence-corrected chi connectivity index (χ4v) is 3.93. The van der Waals surface area contributed by atoms with E-state index >= 15 is 0 Å². The smallest absolute Gasteiger partial charge is 0.191 e. The molecule has 2 fully saturated rings. The van der Waals surface area contributed by atoms with E-state index in [4.69, 9.17) is 0 Å². The molecule has 25 heavy (non-hydrogen) atoms. The molecule has 7 heteroatoms. The Bertz CT molecular complexity index is 537. The van der Waals surface area contributed by atoms with Gasteiger partial charge in [0.25, 0.3) is 0 Å². The van der Waals surface area contributed by atoms with Crippen LogP contribution in [0.2, 0.25) is 0 Å². The van der Waals surface area contributed by atoms with E-state index in [0.29, 0.717) is 6.04 Å². The molecule has 1 aliphatic carbocycles. The Labute approximate surface area is 168 Å². The summed E-state index contributed by atoms with van der Waals surface area (Å²) in [6.07, 6.45) is 11.9. The second-order valence-electron chi connectivity index (χ2n) is 7.20. The van der Waals surface area contributed by atoms with Gasteiger partial charge in [0.15, 0.2) is 5.96 Å². The van der Waals surface area contributed by atoms with Crippen molar-refractivity contribution in [3.63, 3.8) is 0 Å². The van der Waals surface area contributed by atoms with Gasteiger partial charge in [0, 0.05) is 51.5 Å². The number of guanidine groups is 1. The Balaban J connectivity index is 0.00000225. The number of halogens is 1. The van der Waals surface area contributed by atoms with Crippen LogP contribution in [0.4, 0.5) is 0 Å². The summed E-state index contributed by atoms with van der Waals surface area (Å²) < 4.78 is 2.00. The number of likely N-dealkylation sites (tertiary alicyclic amines) is 1. The lowest BCUT2D eigenvalue weighted by Crippen LogP contribution is -2.45. The summed E-state index contributed by atoms with van der Waals surface area (Å²) in [4.78, 5) is 7.05. The van der Waals surface area contributed by atoms with Crippen molar-refractivity contribution in [3.05, 3.63) is 18.0 Å². The minimum Gasteiger partial charge on any atom is -0.356 e. The van der Waals surface area contributed by atoms with E-state index < -0.39 is 0 Å². The van der Waals surface area contributed by atoms with E-state index in [9.17, 15) is 0 Å². The maximum Gasteiger partial charge on any atom is 0.191 e. The van der Waals surface area contributed by atoms with Gasteiger partial charge in [-0.05, 0) is 38.2 Å². The summed E-state index contributed by atoms with van der Waals surface area (Å²) in [5, 5.41) is 11.4. The van der Waals surface area contributed by atoms with Crippen LogP contribution in [0.5, 0.6) is 0 Å². The monoisotopic (exact) mass is 460 g/mol. The molecule has 0 amide bonds. The second-order valence-corrected chi connectivity index (χ2v) is 7.20. The Morgan fingerprint density at radius 1 is 1.32 bits per heavy atom. The van der Waals surface area contributed by atoms with Crippen LogP contribution in [0.15, 0.2) is 17.4 Å². The first kappa shape index (κ1) is 20.5. The minimum atomic E-state index is 0. The number of aromatic nitrogens is 2. The Kier molecular flexibility index (Phi) is 8.48. The molecule has 0 bridgehead atoms. The third-order valence-corrected chi connectivity index (χ3v) is 5.24. The first-order valence-corrected chi connectivity index (χ1v) is 9.45. The predicted molar refractivity (Wildman–Crippen MR) is 114 cm³/mol. The summed E-state index contributed by atoms with van der Waals surface area (Å²) in [5.41, 5.74) is 1.22. The standard InChI is InChI=1S/C18H32N6.HI/c1-15-12-21-24(13-15)10-5-9-20-18(19-2)22-16-8-11-23(14-16)17-6-3-4-7-17;/h12-13,16-17H,3-11,14H2,1-2H3,(H2,19,20,22);1H. The molecule has 1 saturated heterocycles. The molecule has 1 saturated carbocycles. The third kappa shape index (κ3) is 6.13. The van der Waals surface area contributed by atoms with Crippen LogP contribution in [-0.4, -0.2) is 59.4 Å². The topological polar surface area (TPSA) is 57.5 Å². The van der Waals surface area contributed by atoms with Gasteiger partial charge in [-0.1, -0.05) is 12.8 Å². The lowest BCUT2D eigenvalue weighted by Gasteiger charge is -2.24. The highest BCUT2D eigenvalue weighted by Gasteiger charge is 2.30. The molecular formula is C18H33IN6. The lowest BCUT2D eigenvalue weighted by molar-refractivity contribution is 0.242. The Morgan fingerprint density at radius 3 is 2.80 bits per heavy atom. The zero-order valence-corrected chi connectivity index (χ0v) is 17.9. The third-order valence-electron chi connectivity index (χ3n) is 5.24. The molecule has 2 heterocycles. The van der Waals surface area contributed by atoms with E-state index in [1.54, 1.807) is 0 Å². The van der Waals surface area contributed by atoms with Crippen LogP contribution in [0.25, 0.3) is 0 Å². The zero-order chi connectivity index (χ0) is 16.8. The maximum absolute atomic E-state index is 4.38. The van der Waals surface area contributed by atoms with Crippen molar-refractivity contribution in [3.8, 4) is 0 Å². The van der Waals surface area contributed by atoms with Gasteiger partial charge in [0.2, 0.25) is 0 Å². The van der Waals surface area contributed by atoms with Crippen LogP contribution in [0.1, 0.15) is 44.1 Å². The predicted octanol–water partition coefficient (Wildman–Crippen LogP) is 2.38. The number of aliphatic imine (C=N–C) groups is 1. The summed E-state index contributed by atoms with van der Waals surface area (Å²) in [6, 6.07) is 1.37. The largest absolute Gasteiger partial charge is 0.356 e. The fourth-order valence-electron chi connectivity index (χ4n) is 3.93. The quantitative estimate of drug-likeness (QED) is 0.296. The van der Waals surface area contributed by atoms with Gasteiger partial charge in [-0.25, -0.2) is 0 Å². The van der Waals surface area contributed by atoms with Crippen molar-refractivity contribution < 1.29 is 0 Å². The van der Waals surface area contributed by atoms with Crippen molar-refractivity contribution in [2.24, 2.45) is 4.99 Å². The van der Waals surface area contributed by atoms with Crippen LogP contribution in [-0.2, 0) is 6.54 Å². The number of hydrogen-bond donors (Lipinski definition) is 2. The number of nitrogens with one attached hydrogen (secondary N) is 2. The highest BCUT2D eigenvalue weighted by atomic mass is 127. The van der Waals surface area contributed by atoms with Crippen molar-refractivity contribution in [2.45, 2.75) is 64.1 Å². The van der Waals surface area contributed by atoms with Crippen molar-refractivity contribution in [2.75, 3.05) is 26.7 Å². The molecule has 1 aromatic rings. The first-order chi connectivity index (χ1) is 11.7. The van der Waals surface area contributed by atoms with E-state index in [0.717, 1.165) is 38.1 Å². The number of aryl methyl sites for hydroxylation is 2. The molecule has 2 N–H and O–H groups in total. The van der Waals surface area contributed by atoms with Crippen LogP contribution in [0.3, 0.4) is 0 Å². The average molecular weight is 460 g/mol. The molecule has 2 aliphatic rings. The summed E-state index contributed by atoms with van der Waals surface area (Å²) >= 11 is 0. The average Bonchev–Trinajstić information content (AvgIpc) is 3.31. The second kappa shape index (κ2) is 10.4. The SMILES string of the molecule is CN=C(NCCCn1cc(C)cn1)NC1CCN(C2CCCC2)C1.I. The summed E-state index contributed by atoms with van der Waals surface area (Å²) in [7, 11) is 1.86. The molecule has 1 aromatic heterocycles. The fraction of sp³-hybridized carbons (Fsp3) is 0.778. The summed E-state index contributed by atoms with van der Waals surface area (Å²) in [5.74, 6) is 0.935. The molecule has 6 nitrogen and oxygen atoms in total. The van der Waals surface area contributed by atoms with Gasteiger partial charge in [-0.15, -0.1) is 24.0 Å². The minimum absolute atomic E-state index is 0. The normalized spacial score (nSPS) is 22.2. The highest BCUT2D eigenvalue weighted by molar-refractivity contribution is 14.0. The molecule has 1 atom stereocenters. The van der Waals surface area contributed by atoms with E-state index in [1.807, 2.05) is 17.9 Å². The van der Waals surface area contributed by atoms with Gasteiger partial charge in [-0.2, -0.15) is 5.10 Å². The first-order valence-electron chi connectivity index (χ1n) is 9.45. The van der Waals surface area contributed by atoms with Crippen LogP contribution >= 0.6 is 24.0 Å². The molecule has 0 aromatic carbocycles. The van der Waals surface area contributed by atoms with Crippen molar-refractivity contribution in [1.29, 1.82) is 0 Å². The van der Waals surface area contributed by atoms with Gasteiger partial charge in [0.05, 0.1) is 6.20 Å². The Morgan fingerprint density at radius 2 is 2.12 bits per heavy atom. The molecule has 0 radical (unpaired) electrons. The molecule has 1 unspecified atom stereocenters. The molecule has 142 valence electrons.